The molecule has 1 aliphatic rings. The standard InChI is InChI=1S/C17H28ClN3/c1-5-6-14-12-21(16(10-20-14)17(2,3)4)11-13-7-8-19-9-15(13)18/h7-9,14,16,20H,5-6,10-12H2,1-4H3. The third kappa shape index (κ3) is 4.41. The molecule has 1 aromatic rings. The van der Waals surface area contributed by atoms with Gasteiger partial charge in [0, 0.05) is 44.1 Å². The van der Waals surface area contributed by atoms with E-state index in [1.807, 2.05) is 12.3 Å². The van der Waals surface area contributed by atoms with E-state index in [0.717, 1.165) is 24.7 Å². The maximum Gasteiger partial charge on any atom is 0.0634 e. The van der Waals surface area contributed by atoms with E-state index < -0.39 is 0 Å². The number of nitrogens with one attached hydrogen (secondary N) is 1. The van der Waals surface area contributed by atoms with E-state index >= 15 is 0 Å². The fraction of sp³-hybridized carbons (Fsp3) is 0.706. The highest BCUT2D eigenvalue weighted by Crippen LogP contribution is 2.29. The molecule has 1 fully saturated rings. The Morgan fingerprint density at radius 3 is 2.81 bits per heavy atom. The molecule has 1 aliphatic heterocycles. The summed E-state index contributed by atoms with van der Waals surface area (Å²) in [6, 6.07) is 3.16. The molecule has 3 nitrogen and oxygen atoms in total. The summed E-state index contributed by atoms with van der Waals surface area (Å²) in [5, 5.41) is 4.49. The largest absolute Gasteiger partial charge is 0.311 e. The van der Waals surface area contributed by atoms with E-state index in [4.69, 9.17) is 11.6 Å². The van der Waals surface area contributed by atoms with Crippen LogP contribution < -0.4 is 5.32 Å². The predicted octanol–water partition coefficient (Wildman–Crippen LogP) is 3.72. The zero-order valence-corrected chi connectivity index (χ0v) is 14.5. The van der Waals surface area contributed by atoms with Gasteiger partial charge in [-0.2, -0.15) is 0 Å². The van der Waals surface area contributed by atoms with Crippen LogP contribution >= 0.6 is 11.6 Å². The summed E-state index contributed by atoms with van der Waals surface area (Å²) in [7, 11) is 0. The van der Waals surface area contributed by atoms with Crippen molar-refractivity contribution < 1.29 is 0 Å². The molecule has 2 atom stereocenters. The maximum atomic E-state index is 6.30. The van der Waals surface area contributed by atoms with E-state index in [1.54, 1.807) is 6.20 Å². The summed E-state index contributed by atoms with van der Waals surface area (Å²) in [5.74, 6) is 0. The molecule has 0 spiro atoms. The van der Waals surface area contributed by atoms with Gasteiger partial charge in [-0.05, 0) is 23.5 Å². The maximum absolute atomic E-state index is 6.30. The predicted molar refractivity (Wildman–Crippen MR) is 89.6 cm³/mol. The number of aromatic nitrogens is 1. The highest BCUT2D eigenvalue weighted by Gasteiger charge is 2.35. The number of nitrogens with zero attached hydrogens (tertiary/aromatic N) is 2. The van der Waals surface area contributed by atoms with Crippen LogP contribution in [-0.2, 0) is 6.54 Å². The first-order valence-electron chi connectivity index (χ1n) is 7.97. The van der Waals surface area contributed by atoms with Crippen molar-refractivity contribution in [3.8, 4) is 0 Å². The highest BCUT2D eigenvalue weighted by atomic mass is 35.5. The number of halogens is 1. The molecule has 2 unspecified atom stereocenters. The molecule has 1 saturated heterocycles. The van der Waals surface area contributed by atoms with Crippen LogP contribution in [0.5, 0.6) is 0 Å². The molecule has 0 aliphatic carbocycles. The molecule has 21 heavy (non-hydrogen) atoms. The lowest BCUT2D eigenvalue weighted by molar-refractivity contribution is 0.0474. The molecule has 4 heteroatoms. The second kappa shape index (κ2) is 7.08. The van der Waals surface area contributed by atoms with Crippen LogP contribution in [0.25, 0.3) is 0 Å². The molecule has 0 bridgehead atoms. The molecule has 0 saturated carbocycles. The molecule has 0 radical (unpaired) electrons. The Balaban J connectivity index is 2.15. The number of hydrogen-bond acceptors (Lipinski definition) is 3. The molecule has 0 amide bonds. The van der Waals surface area contributed by atoms with E-state index in [0.29, 0.717) is 12.1 Å². The smallest absolute Gasteiger partial charge is 0.0634 e. The van der Waals surface area contributed by atoms with E-state index in [1.165, 1.54) is 18.4 Å². The summed E-state index contributed by atoms with van der Waals surface area (Å²) in [6.07, 6.45) is 6.03. The van der Waals surface area contributed by atoms with Gasteiger partial charge in [0.25, 0.3) is 0 Å². The van der Waals surface area contributed by atoms with Gasteiger partial charge in [-0.1, -0.05) is 45.7 Å². The third-order valence-electron chi connectivity index (χ3n) is 4.36. The van der Waals surface area contributed by atoms with Crippen molar-refractivity contribution in [1.82, 2.24) is 15.2 Å². The third-order valence-corrected chi connectivity index (χ3v) is 4.70. The Morgan fingerprint density at radius 1 is 1.43 bits per heavy atom. The fourth-order valence-corrected chi connectivity index (χ4v) is 3.38. The van der Waals surface area contributed by atoms with Crippen LogP contribution in [0.4, 0.5) is 0 Å². The first-order valence-corrected chi connectivity index (χ1v) is 8.35. The van der Waals surface area contributed by atoms with Crippen molar-refractivity contribution in [2.45, 2.75) is 59.2 Å². The second-order valence-corrected chi connectivity index (χ2v) is 7.58. The second-order valence-electron chi connectivity index (χ2n) is 7.17. The summed E-state index contributed by atoms with van der Waals surface area (Å²) >= 11 is 6.30. The Labute approximate surface area is 134 Å². The average molecular weight is 310 g/mol. The lowest BCUT2D eigenvalue weighted by Gasteiger charge is -2.46. The van der Waals surface area contributed by atoms with Gasteiger partial charge in [0.1, 0.15) is 0 Å². The van der Waals surface area contributed by atoms with Crippen LogP contribution in [-0.4, -0.2) is 35.1 Å². The van der Waals surface area contributed by atoms with Crippen molar-refractivity contribution in [3.05, 3.63) is 29.0 Å². The summed E-state index contributed by atoms with van der Waals surface area (Å²) < 4.78 is 0. The number of rotatable bonds is 4. The van der Waals surface area contributed by atoms with Gasteiger partial charge in [-0.25, -0.2) is 0 Å². The number of piperazine rings is 1. The van der Waals surface area contributed by atoms with Gasteiger partial charge in [-0.3, -0.25) is 9.88 Å². The molecule has 1 N–H and O–H groups in total. The van der Waals surface area contributed by atoms with Crippen LogP contribution in [0.3, 0.4) is 0 Å². The van der Waals surface area contributed by atoms with Crippen molar-refractivity contribution in [2.75, 3.05) is 13.1 Å². The molecule has 2 rings (SSSR count). The minimum atomic E-state index is 0.254. The molecule has 0 aromatic carbocycles. The zero-order valence-electron chi connectivity index (χ0n) is 13.7. The number of hydrogen-bond donors (Lipinski definition) is 1. The van der Waals surface area contributed by atoms with E-state index in [9.17, 15) is 0 Å². The van der Waals surface area contributed by atoms with Gasteiger partial charge >= 0.3 is 0 Å². The Morgan fingerprint density at radius 2 is 2.19 bits per heavy atom. The van der Waals surface area contributed by atoms with Gasteiger partial charge in [0.2, 0.25) is 0 Å². The first kappa shape index (κ1) is 16.7. The first-order chi connectivity index (χ1) is 9.91. The summed E-state index contributed by atoms with van der Waals surface area (Å²) in [6.45, 7) is 12.3. The SMILES string of the molecule is CCCC1CN(Cc2ccncc2Cl)C(C(C)(C)C)CN1. The molecular weight excluding hydrogens is 282 g/mol. The Bertz CT molecular complexity index is 456. The lowest BCUT2D eigenvalue weighted by atomic mass is 9.83. The van der Waals surface area contributed by atoms with Crippen LogP contribution in [0.15, 0.2) is 18.5 Å². The van der Waals surface area contributed by atoms with Gasteiger partial charge in [0.05, 0.1) is 5.02 Å². The van der Waals surface area contributed by atoms with Gasteiger partial charge < -0.3 is 5.32 Å². The van der Waals surface area contributed by atoms with Crippen molar-refractivity contribution in [2.24, 2.45) is 5.41 Å². The lowest BCUT2D eigenvalue weighted by Crippen LogP contribution is -2.60. The van der Waals surface area contributed by atoms with Gasteiger partial charge in [0.15, 0.2) is 0 Å². The van der Waals surface area contributed by atoms with Crippen LogP contribution in [0.1, 0.15) is 46.1 Å². The molecule has 118 valence electrons. The monoisotopic (exact) mass is 309 g/mol. The average Bonchev–Trinajstić information content (AvgIpc) is 2.41. The Hall–Kier alpha value is -0.640. The van der Waals surface area contributed by atoms with Crippen molar-refractivity contribution >= 4 is 11.6 Å². The minimum Gasteiger partial charge on any atom is -0.311 e. The summed E-state index contributed by atoms with van der Waals surface area (Å²) in [5.41, 5.74) is 1.43. The molecule has 2 heterocycles. The fourth-order valence-electron chi connectivity index (χ4n) is 3.20. The van der Waals surface area contributed by atoms with E-state index in [-0.39, 0.29) is 5.41 Å². The van der Waals surface area contributed by atoms with Crippen molar-refractivity contribution in [3.63, 3.8) is 0 Å². The van der Waals surface area contributed by atoms with E-state index in [2.05, 4.69) is 42.9 Å². The highest BCUT2D eigenvalue weighted by molar-refractivity contribution is 6.31. The quantitative estimate of drug-likeness (QED) is 0.918. The molecule has 1 aromatic heterocycles. The van der Waals surface area contributed by atoms with Crippen LogP contribution in [0.2, 0.25) is 5.02 Å². The van der Waals surface area contributed by atoms with Crippen LogP contribution in [0, 0.1) is 5.41 Å². The minimum absolute atomic E-state index is 0.254. The number of pyridine rings is 1. The normalized spacial score (nSPS) is 24.2. The molecular formula is C17H28ClN3. The Kier molecular flexibility index (Phi) is 5.64. The van der Waals surface area contributed by atoms with Gasteiger partial charge in [-0.15, -0.1) is 0 Å². The zero-order chi connectivity index (χ0) is 15.5. The summed E-state index contributed by atoms with van der Waals surface area (Å²) in [4.78, 5) is 6.68. The van der Waals surface area contributed by atoms with Crippen molar-refractivity contribution in [1.29, 1.82) is 0 Å². The topological polar surface area (TPSA) is 28.2 Å².